The van der Waals surface area contributed by atoms with E-state index in [1.54, 1.807) is 6.20 Å². The van der Waals surface area contributed by atoms with Crippen molar-refractivity contribution < 1.29 is 0 Å². The number of nitrogens with zero attached hydrogens (tertiary/aromatic N) is 2. The van der Waals surface area contributed by atoms with E-state index in [0.717, 1.165) is 21.5 Å². The van der Waals surface area contributed by atoms with Crippen LogP contribution in [0.4, 0.5) is 11.5 Å². The first kappa shape index (κ1) is 12.1. The number of benzene rings is 1. The van der Waals surface area contributed by atoms with Crippen molar-refractivity contribution in [2.75, 3.05) is 11.9 Å². The van der Waals surface area contributed by atoms with Crippen LogP contribution in [0.1, 0.15) is 5.56 Å². The summed E-state index contributed by atoms with van der Waals surface area (Å²) in [6, 6.07) is 12.1. The van der Waals surface area contributed by atoms with Crippen LogP contribution >= 0.6 is 15.9 Å². The Bertz CT molecular complexity index is 499. The second-order valence-corrected chi connectivity index (χ2v) is 4.65. The van der Waals surface area contributed by atoms with Crippen LogP contribution in [0.25, 0.3) is 0 Å². The third-order valence-corrected chi connectivity index (χ3v) is 3.02. The lowest BCUT2D eigenvalue weighted by molar-refractivity contribution is 1.01. The third kappa shape index (κ3) is 2.65. The maximum Gasteiger partial charge on any atom is 0.137 e. The molecule has 2 aromatic rings. The lowest BCUT2D eigenvalue weighted by atomic mass is 10.2. The predicted octanol–water partition coefficient (Wildman–Crippen LogP) is 3.07. The van der Waals surface area contributed by atoms with Crippen molar-refractivity contribution in [1.29, 1.82) is 0 Å². The quantitative estimate of drug-likeness (QED) is 0.945. The molecule has 0 saturated heterocycles. The molecule has 1 aromatic heterocycles. The van der Waals surface area contributed by atoms with Crippen LogP contribution in [-0.2, 0) is 6.54 Å². The molecule has 1 aromatic carbocycles. The van der Waals surface area contributed by atoms with Crippen molar-refractivity contribution in [1.82, 2.24) is 4.98 Å². The molecule has 4 heteroatoms. The maximum absolute atomic E-state index is 5.75. The van der Waals surface area contributed by atoms with Gasteiger partial charge in [-0.1, -0.05) is 18.2 Å². The zero-order valence-electron chi connectivity index (χ0n) is 9.60. The van der Waals surface area contributed by atoms with Gasteiger partial charge >= 0.3 is 0 Å². The molecule has 88 valence electrons. The van der Waals surface area contributed by atoms with E-state index in [-0.39, 0.29) is 0 Å². The fourth-order valence-electron chi connectivity index (χ4n) is 1.70. The van der Waals surface area contributed by atoms with Gasteiger partial charge in [0.05, 0.1) is 0 Å². The standard InChI is InChI=1S/C13H14BrN3/c1-17(12-5-3-2-4-6-12)13-10(8-15)7-11(14)9-16-13/h2-7,9H,8,15H2,1H3. The molecule has 0 aliphatic rings. The Morgan fingerprint density at radius 3 is 2.65 bits per heavy atom. The third-order valence-electron chi connectivity index (χ3n) is 2.59. The lowest BCUT2D eigenvalue weighted by Crippen LogP contribution is -2.15. The van der Waals surface area contributed by atoms with Crippen LogP contribution in [0.5, 0.6) is 0 Å². The van der Waals surface area contributed by atoms with Crippen molar-refractivity contribution in [3.05, 3.63) is 52.6 Å². The van der Waals surface area contributed by atoms with Gasteiger partial charge in [0.25, 0.3) is 0 Å². The van der Waals surface area contributed by atoms with E-state index in [9.17, 15) is 0 Å². The van der Waals surface area contributed by atoms with E-state index in [2.05, 4.69) is 20.9 Å². The van der Waals surface area contributed by atoms with Crippen LogP contribution in [-0.4, -0.2) is 12.0 Å². The molecule has 0 saturated carbocycles. The topological polar surface area (TPSA) is 42.2 Å². The summed E-state index contributed by atoms with van der Waals surface area (Å²) in [5.74, 6) is 0.891. The minimum Gasteiger partial charge on any atom is -0.329 e. The van der Waals surface area contributed by atoms with Crippen LogP contribution < -0.4 is 10.6 Å². The van der Waals surface area contributed by atoms with E-state index < -0.39 is 0 Å². The van der Waals surface area contributed by atoms with Crippen LogP contribution in [0, 0.1) is 0 Å². The van der Waals surface area contributed by atoms with E-state index in [4.69, 9.17) is 5.73 Å². The molecule has 0 unspecified atom stereocenters. The number of aromatic nitrogens is 1. The number of rotatable bonds is 3. The SMILES string of the molecule is CN(c1ccccc1)c1ncc(Br)cc1CN. The zero-order chi connectivity index (χ0) is 12.3. The van der Waals surface area contributed by atoms with Gasteiger partial charge in [-0.05, 0) is 34.1 Å². The Balaban J connectivity index is 2.40. The van der Waals surface area contributed by atoms with Gasteiger partial charge in [0.2, 0.25) is 0 Å². The molecule has 3 nitrogen and oxygen atoms in total. The zero-order valence-corrected chi connectivity index (χ0v) is 11.2. The first-order valence-corrected chi connectivity index (χ1v) is 6.15. The number of pyridine rings is 1. The van der Waals surface area contributed by atoms with Gasteiger partial charge in [-0.2, -0.15) is 0 Å². The van der Waals surface area contributed by atoms with Crippen LogP contribution in [0.3, 0.4) is 0 Å². The van der Waals surface area contributed by atoms with Gasteiger partial charge in [0, 0.05) is 35.5 Å². The number of hydrogen-bond acceptors (Lipinski definition) is 3. The van der Waals surface area contributed by atoms with Crippen molar-refractivity contribution in [3.8, 4) is 0 Å². The molecular weight excluding hydrogens is 278 g/mol. The van der Waals surface area contributed by atoms with Gasteiger partial charge in [-0.15, -0.1) is 0 Å². The molecule has 0 amide bonds. The van der Waals surface area contributed by atoms with Crippen LogP contribution in [0.2, 0.25) is 0 Å². The van der Waals surface area contributed by atoms with Gasteiger partial charge in [-0.3, -0.25) is 0 Å². The molecule has 0 spiro atoms. The second-order valence-electron chi connectivity index (χ2n) is 3.73. The van der Waals surface area contributed by atoms with Crippen molar-refractivity contribution >= 4 is 27.4 Å². The monoisotopic (exact) mass is 291 g/mol. The Morgan fingerprint density at radius 1 is 1.29 bits per heavy atom. The molecule has 0 atom stereocenters. The number of nitrogens with two attached hydrogens (primary N) is 1. The average molecular weight is 292 g/mol. The average Bonchev–Trinajstić information content (AvgIpc) is 2.39. The molecule has 2 N–H and O–H groups in total. The van der Waals surface area contributed by atoms with E-state index in [1.165, 1.54) is 0 Å². The van der Waals surface area contributed by atoms with Gasteiger partial charge < -0.3 is 10.6 Å². The summed E-state index contributed by atoms with van der Waals surface area (Å²) in [6.07, 6.45) is 1.79. The summed E-state index contributed by atoms with van der Waals surface area (Å²) >= 11 is 3.41. The summed E-state index contributed by atoms with van der Waals surface area (Å²) in [6.45, 7) is 0.471. The van der Waals surface area contributed by atoms with Crippen LogP contribution in [0.15, 0.2) is 47.1 Å². The number of para-hydroxylation sites is 1. The number of halogens is 1. The molecule has 0 aliphatic carbocycles. The Kier molecular flexibility index (Phi) is 3.76. The summed E-state index contributed by atoms with van der Waals surface area (Å²) < 4.78 is 0.947. The fraction of sp³-hybridized carbons (Fsp3) is 0.154. The smallest absolute Gasteiger partial charge is 0.137 e. The normalized spacial score (nSPS) is 10.3. The molecule has 0 bridgehead atoms. The van der Waals surface area contributed by atoms with Gasteiger partial charge in [-0.25, -0.2) is 4.98 Å². The highest BCUT2D eigenvalue weighted by Gasteiger charge is 2.10. The number of hydrogen-bond donors (Lipinski definition) is 1. The minimum atomic E-state index is 0.471. The van der Waals surface area contributed by atoms with Gasteiger partial charge in [0.15, 0.2) is 0 Å². The summed E-state index contributed by atoms with van der Waals surface area (Å²) in [7, 11) is 1.99. The van der Waals surface area contributed by atoms with E-state index in [0.29, 0.717) is 6.54 Å². The molecule has 17 heavy (non-hydrogen) atoms. The predicted molar refractivity (Wildman–Crippen MR) is 74.3 cm³/mol. The van der Waals surface area contributed by atoms with E-state index in [1.807, 2.05) is 48.3 Å². The highest BCUT2D eigenvalue weighted by Crippen LogP contribution is 2.26. The maximum atomic E-state index is 5.75. The Morgan fingerprint density at radius 2 is 2.00 bits per heavy atom. The second kappa shape index (κ2) is 5.29. The first-order chi connectivity index (χ1) is 8.22. The Labute approximate surface area is 109 Å². The molecule has 0 fully saturated rings. The highest BCUT2D eigenvalue weighted by molar-refractivity contribution is 9.10. The lowest BCUT2D eigenvalue weighted by Gasteiger charge is -2.21. The number of anilines is 2. The summed E-state index contributed by atoms with van der Waals surface area (Å²) in [5.41, 5.74) is 7.86. The Hall–Kier alpha value is -1.39. The van der Waals surface area contributed by atoms with Crippen molar-refractivity contribution in [3.63, 3.8) is 0 Å². The fourth-order valence-corrected chi connectivity index (χ4v) is 2.08. The highest BCUT2D eigenvalue weighted by atomic mass is 79.9. The molecular formula is C13H14BrN3. The minimum absolute atomic E-state index is 0.471. The largest absolute Gasteiger partial charge is 0.329 e. The van der Waals surface area contributed by atoms with Gasteiger partial charge in [0.1, 0.15) is 5.82 Å². The summed E-state index contributed by atoms with van der Waals surface area (Å²) in [5, 5.41) is 0. The summed E-state index contributed by atoms with van der Waals surface area (Å²) in [4.78, 5) is 6.46. The van der Waals surface area contributed by atoms with Crippen molar-refractivity contribution in [2.45, 2.75) is 6.54 Å². The first-order valence-electron chi connectivity index (χ1n) is 5.35. The van der Waals surface area contributed by atoms with E-state index >= 15 is 0 Å². The van der Waals surface area contributed by atoms with Crippen molar-refractivity contribution in [2.24, 2.45) is 5.73 Å². The molecule has 0 radical (unpaired) electrons. The molecule has 0 aliphatic heterocycles. The molecule has 1 heterocycles. The molecule has 2 rings (SSSR count).